The standard InChI is InChI=1S/C26H28FN7O2/c1-18-4-3-5-22(19(18)2)31-12-14-32(15-13-31)23-10-11-33-25(29-23)30-34(26(33)36)17-24(35)28-16-20-6-8-21(27)9-7-20/h3-11H,12-17H2,1-2H3,(H,28,35). The third-order valence-electron chi connectivity index (χ3n) is 6.66. The van der Waals surface area contributed by atoms with Gasteiger partial charge in [0.05, 0.1) is 0 Å². The molecule has 9 nitrogen and oxygen atoms in total. The van der Waals surface area contributed by atoms with Gasteiger partial charge in [-0.1, -0.05) is 24.3 Å². The van der Waals surface area contributed by atoms with Crippen LogP contribution >= 0.6 is 0 Å². The van der Waals surface area contributed by atoms with E-state index in [9.17, 15) is 14.0 Å². The number of carbonyl (C=O) groups excluding carboxylic acids is 1. The molecule has 0 spiro atoms. The fourth-order valence-electron chi connectivity index (χ4n) is 4.42. The predicted molar refractivity (Wildman–Crippen MR) is 136 cm³/mol. The van der Waals surface area contributed by atoms with Gasteiger partial charge in [-0.3, -0.25) is 4.79 Å². The van der Waals surface area contributed by atoms with E-state index in [-0.39, 0.29) is 30.6 Å². The van der Waals surface area contributed by atoms with Gasteiger partial charge >= 0.3 is 5.69 Å². The molecule has 0 unspecified atom stereocenters. The Labute approximate surface area is 207 Å². The maximum absolute atomic E-state index is 13.0. The third-order valence-corrected chi connectivity index (χ3v) is 6.66. The van der Waals surface area contributed by atoms with Gasteiger partial charge in [0.25, 0.3) is 5.78 Å². The van der Waals surface area contributed by atoms with E-state index in [0.29, 0.717) is 0 Å². The second-order valence-corrected chi connectivity index (χ2v) is 8.99. The Morgan fingerprint density at radius 2 is 1.72 bits per heavy atom. The summed E-state index contributed by atoms with van der Waals surface area (Å²) in [4.78, 5) is 34.2. The van der Waals surface area contributed by atoms with E-state index in [1.165, 1.54) is 33.3 Å². The summed E-state index contributed by atoms with van der Waals surface area (Å²) in [5.74, 6) is 0.297. The van der Waals surface area contributed by atoms with E-state index in [1.54, 1.807) is 18.3 Å². The Bertz CT molecular complexity index is 1450. The molecule has 0 radical (unpaired) electrons. The van der Waals surface area contributed by atoms with E-state index in [1.807, 2.05) is 6.07 Å². The van der Waals surface area contributed by atoms with Crippen molar-refractivity contribution < 1.29 is 9.18 Å². The minimum absolute atomic E-state index is 0.229. The van der Waals surface area contributed by atoms with Gasteiger partial charge < -0.3 is 15.1 Å². The largest absolute Gasteiger partial charge is 0.368 e. The van der Waals surface area contributed by atoms with Gasteiger partial charge in [0.15, 0.2) is 0 Å². The molecule has 10 heteroatoms. The molecule has 0 atom stereocenters. The summed E-state index contributed by atoms with van der Waals surface area (Å²) in [5, 5.41) is 6.99. The quantitative estimate of drug-likeness (QED) is 0.447. The van der Waals surface area contributed by atoms with Gasteiger partial charge in [-0.25, -0.2) is 18.3 Å². The Morgan fingerprint density at radius 3 is 2.47 bits per heavy atom. The highest BCUT2D eigenvalue weighted by Crippen LogP contribution is 2.25. The zero-order chi connectivity index (χ0) is 25.2. The van der Waals surface area contributed by atoms with Gasteiger partial charge in [-0.05, 0) is 54.8 Å². The molecule has 1 saturated heterocycles. The van der Waals surface area contributed by atoms with Gasteiger partial charge in [-0.15, -0.1) is 5.10 Å². The number of carbonyl (C=O) groups is 1. The molecule has 186 valence electrons. The molecule has 3 heterocycles. The van der Waals surface area contributed by atoms with Crippen molar-refractivity contribution in [3.8, 4) is 0 Å². The number of hydrogen-bond acceptors (Lipinski definition) is 6. The van der Waals surface area contributed by atoms with Crippen LogP contribution in [0, 0.1) is 19.7 Å². The number of aryl methyl sites for hydroxylation is 1. The molecule has 0 bridgehead atoms. The van der Waals surface area contributed by atoms with E-state index >= 15 is 0 Å². The van der Waals surface area contributed by atoms with Crippen LogP contribution in [0.5, 0.6) is 0 Å². The molecule has 1 aliphatic rings. The van der Waals surface area contributed by atoms with Crippen LogP contribution in [0.15, 0.2) is 59.5 Å². The number of benzene rings is 2. The molecule has 0 saturated carbocycles. The molecule has 4 aromatic rings. The smallest absolute Gasteiger partial charge is 0.352 e. The number of fused-ring (bicyclic) bond motifs is 1. The Morgan fingerprint density at radius 1 is 1.00 bits per heavy atom. The fourth-order valence-corrected chi connectivity index (χ4v) is 4.42. The summed E-state index contributed by atoms with van der Waals surface area (Å²) in [6.07, 6.45) is 1.65. The van der Waals surface area contributed by atoms with E-state index in [4.69, 9.17) is 0 Å². The van der Waals surface area contributed by atoms with Crippen molar-refractivity contribution in [2.24, 2.45) is 0 Å². The van der Waals surface area contributed by atoms with Gasteiger partial charge in [-0.2, -0.15) is 4.98 Å². The van der Waals surface area contributed by atoms with Crippen LogP contribution in [0.2, 0.25) is 0 Å². The minimum atomic E-state index is -0.430. The number of amides is 1. The molecule has 1 amide bonds. The lowest BCUT2D eigenvalue weighted by Gasteiger charge is -2.37. The van der Waals surface area contributed by atoms with Crippen molar-refractivity contribution in [1.82, 2.24) is 24.5 Å². The van der Waals surface area contributed by atoms with Crippen molar-refractivity contribution in [2.45, 2.75) is 26.9 Å². The van der Waals surface area contributed by atoms with Crippen LogP contribution in [0.1, 0.15) is 16.7 Å². The Kier molecular flexibility index (Phi) is 6.41. The highest BCUT2D eigenvalue weighted by molar-refractivity contribution is 5.75. The Hall–Kier alpha value is -4.21. The highest BCUT2D eigenvalue weighted by Gasteiger charge is 2.21. The maximum Gasteiger partial charge on any atom is 0.352 e. The number of nitrogens with zero attached hydrogens (tertiary/aromatic N) is 6. The second-order valence-electron chi connectivity index (χ2n) is 8.99. The van der Waals surface area contributed by atoms with Crippen molar-refractivity contribution in [3.63, 3.8) is 0 Å². The lowest BCUT2D eigenvalue weighted by atomic mass is 10.1. The number of hydrogen-bond donors (Lipinski definition) is 1. The van der Waals surface area contributed by atoms with Crippen LogP contribution in [0.3, 0.4) is 0 Å². The minimum Gasteiger partial charge on any atom is -0.368 e. The third kappa shape index (κ3) is 4.79. The van der Waals surface area contributed by atoms with Crippen LogP contribution in [-0.4, -0.2) is 51.3 Å². The number of piperazine rings is 1. The monoisotopic (exact) mass is 489 g/mol. The van der Waals surface area contributed by atoms with Crippen LogP contribution in [0.4, 0.5) is 15.9 Å². The van der Waals surface area contributed by atoms with Crippen molar-refractivity contribution in [3.05, 3.63) is 87.7 Å². The second kappa shape index (κ2) is 9.80. The van der Waals surface area contributed by atoms with Crippen LogP contribution in [-0.2, 0) is 17.9 Å². The highest BCUT2D eigenvalue weighted by atomic mass is 19.1. The molecule has 2 aromatic heterocycles. The number of halogens is 1. The first-order valence-corrected chi connectivity index (χ1v) is 11.9. The normalized spacial score (nSPS) is 13.9. The maximum atomic E-state index is 13.0. The molecule has 1 N–H and O–H groups in total. The van der Waals surface area contributed by atoms with Gasteiger partial charge in [0.1, 0.15) is 18.2 Å². The van der Waals surface area contributed by atoms with E-state index in [0.717, 1.165) is 42.2 Å². The van der Waals surface area contributed by atoms with Gasteiger partial charge in [0, 0.05) is 44.6 Å². The van der Waals surface area contributed by atoms with Gasteiger partial charge in [0.2, 0.25) is 5.91 Å². The topological polar surface area (TPSA) is 87.8 Å². The van der Waals surface area contributed by atoms with E-state index < -0.39 is 5.69 Å². The molecule has 2 aromatic carbocycles. The summed E-state index contributed by atoms with van der Waals surface area (Å²) in [5.41, 5.74) is 4.18. The molecule has 1 aliphatic heterocycles. The van der Waals surface area contributed by atoms with Crippen LogP contribution in [0.25, 0.3) is 5.78 Å². The molecule has 1 fully saturated rings. The molecule has 0 aliphatic carbocycles. The lowest BCUT2D eigenvalue weighted by Crippen LogP contribution is -2.47. The first-order chi connectivity index (χ1) is 17.4. The summed E-state index contributed by atoms with van der Waals surface area (Å²) in [7, 11) is 0. The number of anilines is 2. The average Bonchev–Trinajstić information content (AvgIpc) is 3.19. The molecule has 5 rings (SSSR count). The number of aromatic nitrogens is 4. The summed E-state index contributed by atoms with van der Waals surface area (Å²) in [6, 6.07) is 14.1. The molecular weight excluding hydrogens is 461 g/mol. The zero-order valence-corrected chi connectivity index (χ0v) is 20.3. The zero-order valence-electron chi connectivity index (χ0n) is 20.3. The summed E-state index contributed by atoms with van der Waals surface area (Å²) >= 11 is 0. The Balaban J connectivity index is 1.24. The van der Waals surface area contributed by atoms with Crippen LogP contribution < -0.4 is 20.8 Å². The van der Waals surface area contributed by atoms with Crippen molar-refractivity contribution in [2.75, 3.05) is 36.0 Å². The average molecular weight is 490 g/mol. The van der Waals surface area contributed by atoms with E-state index in [2.05, 4.69) is 57.2 Å². The summed E-state index contributed by atoms with van der Waals surface area (Å²) < 4.78 is 15.5. The number of nitrogens with one attached hydrogen (secondary N) is 1. The summed E-state index contributed by atoms with van der Waals surface area (Å²) in [6.45, 7) is 7.62. The fraction of sp³-hybridized carbons (Fsp3) is 0.308. The first-order valence-electron chi connectivity index (χ1n) is 11.9. The SMILES string of the molecule is Cc1cccc(N2CCN(c3ccn4c(=O)n(CC(=O)NCc5ccc(F)cc5)nc4n3)CC2)c1C. The molecular formula is C26H28FN7O2. The number of rotatable bonds is 6. The molecule has 36 heavy (non-hydrogen) atoms. The van der Waals surface area contributed by atoms with Crippen molar-refractivity contribution in [1.29, 1.82) is 0 Å². The first kappa shape index (κ1) is 23.5. The van der Waals surface area contributed by atoms with Crippen molar-refractivity contribution >= 4 is 23.2 Å². The predicted octanol–water partition coefficient (Wildman–Crippen LogP) is 2.29. The lowest BCUT2D eigenvalue weighted by molar-refractivity contribution is -0.122.